The second kappa shape index (κ2) is 6.82. The lowest BCUT2D eigenvalue weighted by atomic mass is 10.2. The number of aromatic nitrogens is 2. The minimum absolute atomic E-state index is 0.289. The standard InChI is InChI=1S/C15H18N4O3S/c1-21-13-11(14(20)22-2)3-4-12(17-13)18-6-8-19(9-7-18)15-16-5-10-23-15/h3-5,10H,6-9H2,1-2H3. The summed E-state index contributed by atoms with van der Waals surface area (Å²) in [5.41, 5.74) is 0.333. The number of anilines is 2. The highest BCUT2D eigenvalue weighted by Crippen LogP contribution is 2.24. The summed E-state index contributed by atoms with van der Waals surface area (Å²) < 4.78 is 9.96. The number of nitrogens with zero attached hydrogens (tertiary/aromatic N) is 4. The number of hydrogen-bond acceptors (Lipinski definition) is 8. The average Bonchev–Trinajstić information content (AvgIpc) is 3.15. The van der Waals surface area contributed by atoms with Gasteiger partial charge in [-0.15, -0.1) is 11.3 Å². The number of methoxy groups -OCH3 is 2. The quantitative estimate of drug-likeness (QED) is 0.788. The summed E-state index contributed by atoms with van der Waals surface area (Å²) in [6.07, 6.45) is 1.82. The van der Waals surface area contributed by atoms with Crippen molar-refractivity contribution in [3.63, 3.8) is 0 Å². The topological polar surface area (TPSA) is 67.8 Å². The van der Waals surface area contributed by atoms with Gasteiger partial charge >= 0.3 is 5.97 Å². The van der Waals surface area contributed by atoms with Crippen LogP contribution in [0.5, 0.6) is 5.88 Å². The van der Waals surface area contributed by atoms with Gasteiger partial charge in [-0.3, -0.25) is 0 Å². The molecule has 7 nitrogen and oxygen atoms in total. The molecular weight excluding hydrogens is 316 g/mol. The minimum atomic E-state index is -0.450. The van der Waals surface area contributed by atoms with Gasteiger partial charge in [-0.05, 0) is 12.1 Å². The second-order valence-electron chi connectivity index (χ2n) is 5.01. The first kappa shape index (κ1) is 15.5. The van der Waals surface area contributed by atoms with Crippen LogP contribution in [-0.4, -0.2) is 56.3 Å². The number of carbonyl (C=O) groups is 1. The van der Waals surface area contributed by atoms with Crippen LogP contribution < -0.4 is 14.5 Å². The molecule has 0 saturated carbocycles. The van der Waals surface area contributed by atoms with Crippen molar-refractivity contribution in [2.24, 2.45) is 0 Å². The Morgan fingerprint density at radius 3 is 2.52 bits per heavy atom. The van der Waals surface area contributed by atoms with Crippen molar-refractivity contribution in [3.05, 3.63) is 29.3 Å². The molecular formula is C15H18N4O3S. The maximum absolute atomic E-state index is 11.7. The fraction of sp³-hybridized carbons (Fsp3) is 0.400. The van der Waals surface area contributed by atoms with Crippen LogP contribution in [0.4, 0.5) is 10.9 Å². The average molecular weight is 334 g/mol. The first-order valence-corrected chi connectivity index (χ1v) is 8.13. The molecule has 0 aromatic carbocycles. The molecule has 122 valence electrons. The zero-order valence-electron chi connectivity index (χ0n) is 13.1. The van der Waals surface area contributed by atoms with Crippen LogP contribution in [0.15, 0.2) is 23.7 Å². The van der Waals surface area contributed by atoms with Crippen molar-refractivity contribution in [3.8, 4) is 5.88 Å². The molecule has 3 rings (SSSR count). The number of thiazole rings is 1. The zero-order valence-corrected chi connectivity index (χ0v) is 13.9. The number of pyridine rings is 1. The molecule has 8 heteroatoms. The Morgan fingerprint density at radius 1 is 1.17 bits per heavy atom. The third kappa shape index (κ3) is 3.21. The molecule has 0 spiro atoms. The van der Waals surface area contributed by atoms with E-state index in [-0.39, 0.29) is 5.88 Å². The van der Waals surface area contributed by atoms with Crippen molar-refractivity contribution in [2.75, 3.05) is 50.2 Å². The van der Waals surface area contributed by atoms with E-state index in [1.807, 2.05) is 17.6 Å². The Labute approximate surface area is 138 Å². The first-order valence-electron chi connectivity index (χ1n) is 7.25. The molecule has 1 aliphatic rings. The highest BCUT2D eigenvalue weighted by atomic mass is 32.1. The molecule has 0 radical (unpaired) electrons. The summed E-state index contributed by atoms with van der Waals surface area (Å²) in [7, 11) is 2.84. The van der Waals surface area contributed by atoms with E-state index in [1.165, 1.54) is 14.2 Å². The van der Waals surface area contributed by atoms with E-state index in [2.05, 4.69) is 19.8 Å². The molecule has 0 amide bonds. The first-order chi connectivity index (χ1) is 11.2. The number of piperazine rings is 1. The fourth-order valence-corrected chi connectivity index (χ4v) is 3.22. The minimum Gasteiger partial charge on any atom is -0.480 e. The van der Waals surface area contributed by atoms with Crippen molar-refractivity contribution in [2.45, 2.75) is 0 Å². The van der Waals surface area contributed by atoms with E-state index in [1.54, 1.807) is 17.4 Å². The molecule has 0 atom stereocenters. The van der Waals surface area contributed by atoms with E-state index in [0.717, 1.165) is 37.1 Å². The third-order valence-electron chi connectivity index (χ3n) is 3.74. The van der Waals surface area contributed by atoms with Crippen LogP contribution in [0.1, 0.15) is 10.4 Å². The largest absolute Gasteiger partial charge is 0.480 e. The van der Waals surface area contributed by atoms with Gasteiger partial charge in [-0.1, -0.05) is 0 Å². The highest BCUT2D eigenvalue weighted by molar-refractivity contribution is 7.13. The lowest BCUT2D eigenvalue weighted by Crippen LogP contribution is -2.46. The van der Waals surface area contributed by atoms with Crippen molar-refractivity contribution in [1.82, 2.24) is 9.97 Å². The number of esters is 1. The summed E-state index contributed by atoms with van der Waals surface area (Å²) in [6.45, 7) is 3.45. The number of rotatable bonds is 4. The monoisotopic (exact) mass is 334 g/mol. The Bertz CT molecular complexity index is 669. The SMILES string of the molecule is COC(=O)c1ccc(N2CCN(c3nccs3)CC2)nc1OC. The molecule has 3 heterocycles. The second-order valence-corrected chi connectivity index (χ2v) is 5.88. The van der Waals surface area contributed by atoms with Gasteiger partial charge in [-0.25, -0.2) is 9.78 Å². The smallest absolute Gasteiger partial charge is 0.343 e. The summed E-state index contributed by atoms with van der Waals surface area (Å²) in [4.78, 5) is 24.9. The lowest BCUT2D eigenvalue weighted by molar-refractivity contribution is 0.0596. The Kier molecular flexibility index (Phi) is 4.61. The molecule has 0 bridgehead atoms. The van der Waals surface area contributed by atoms with E-state index in [0.29, 0.717) is 5.56 Å². The van der Waals surface area contributed by atoms with Crippen molar-refractivity contribution in [1.29, 1.82) is 0 Å². The van der Waals surface area contributed by atoms with E-state index in [9.17, 15) is 4.79 Å². The van der Waals surface area contributed by atoms with Gasteiger partial charge in [0.25, 0.3) is 0 Å². The summed E-state index contributed by atoms with van der Waals surface area (Å²) >= 11 is 1.65. The summed E-state index contributed by atoms with van der Waals surface area (Å²) in [5.74, 6) is 0.638. The van der Waals surface area contributed by atoms with Gasteiger partial charge in [0.2, 0.25) is 5.88 Å². The van der Waals surface area contributed by atoms with Gasteiger partial charge in [-0.2, -0.15) is 4.98 Å². The maximum atomic E-state index is 11.7. The maximum Gasteiger partial charge on any atom is 0.343 e. The Morgan fingerprint density at radius 2 is 1.91 bits per heavy atom. The molecule has 23 heavy (non-hydrogen) atoms. The number of ether oxygens (including phenoxy) is 2. The normalized spacial score (nSPS) is 14.7. The van der Waals surface area contributed by atoms with Crippen molar-refractivity contribution < 1.29 is 14.3 Å². The van der Waals surface area contributed by atoms with E-state index >= 15 is 0 Å². The molecule has 0 N–H and O–H groups in total. The molecule has 2 aromatic rings. The van der Waals surface area contributed by atoms with Crippen LogP contribution in [0.25, 0.3) is 0 Å². The summed E-state index contributed by atoms with van der Waals surface area (Å²) in [5, 5.41) is 3.04. The number of carbonyl (C=O) groups excluding carboxylic acids is 1. The highest BCUT2D eigenvalue weighted by Gasteiger charge is 2.22. The zero-order chi connectivity index (χ0) is 16.2. The van der Waals surface area contributed by atoms with Crippen LogP contribution in [0.3, 0.4) is 0 Å². The Hall–Kier alpha value is -2.35. The molecule has 0 aliphatic carbocycles. The van der Waals surface area contributed by atoms with Gasteiger partial charge in [0.1, 0.15) is 11.4 Å². The molecule has 1 fully saturated rings. The van der Waals surface area contributed by atoms with Crippen LogP contribution in [0, 0.1) is 0 Å². The van der Waals surface area contributed by atoms with Gasteiger partial charge in [0.05, 0.1) is 14.2 Å². The van der Waals surface area contributed by atoms with Gasteiger partial charge < -0.3 is 19.3 Å². The molecule has 2 aromatic heterocycles. The number of hydrogen-bond donors (Lipinski definition) is 0. The lowest BCUT2D eigenvalue weighted by Gasteiger charge is -2.35. The van der Waals surface area contributed by atoms with Crippen LogP contribution in [0.2, 0.25) is 0 Å². The molecule has 1 saturated heterocycles. The van der Waals surface area contributed by atoms with Crippen LogP contribution in [-0.2, 0) is 4.74 Å². The third-order valence-corrected chi connectivity index (χ3v) is 4.57. The predicted molar refractivity (Wildman–Crippen MR) is 88.7 cm³/mol. The van der Waals surface area contributed by atoms with E-state index in [4.69, 9.17) is 9.47 Å². The van der Waals surface area contributed by atoms with Crippen molar-refractivity contribution >= 4 is 28.3 Å². The molecule has 0 unspecified atom stereocenters. The van der Waals surface area contributed by atoms with Gasteiger partial charge in [0.15, 0.2) is 5.13 Å². The van der Waals surface area contributed by atoms with Crippen LogP contribution >= 0.6 is 11.3 Å². The summed E-state index contributed by atoms with van der Waals surface area (Å²) in [6, 6.07) is 3.52. The fourth-order valence-electron chi connectivity index (χ4n) is 2.53. The Balaban J connectivity index is 1.72. The molecule has 1 aliphatic heterocycles. The van der Waals surface area contributed by atoms with E-state index < -0.39 is 5.97 Å². The predicted octanol–water partition coefficient (Wildman–Crippen LogP) is 1.66. The van der Waals surface area contributed by atoms with Gasteiger partial charge in [0, 0.05) is 37.8 Å².